The Kier molecular flexibility index (Phi) is 4.17. The normalized spacial score (nSPS) is 20.7. The first-order valence-corrected chi connectivity index (χ1v) is 10.8. The number of fused-ring (bicyclic) bond motifs is 5. The van der Waals surface area contributed by atoms with Gasteiger partial charge in [-0.2, -0.15) is 0 Å². The van der Waals surface area contributed by atoms with Crippen LogP contribution in [-0.2, 0) is 17.6 Å². The maximum absolute atomic E-state index is 12.8. The highest BCUT2D eigenvalue weighted by atomic mass is 32.1. The summed E-state index contributed by atoms with van der Waals surface area (Å²) in [5.74, 6) is 0.803. The number of carbonyl (C=O) groups is 1. The summed E-state index contributed by atoms with van der Waals surface area (Å²) < 4.78 is 7.00. The van der Waals surface area contributed by atoms with Gasteiger partial charge in [0.2, 0.25) is 5.82 Å². The first kappa shape index (κ1) is 18.0. The fourth-order valence-electron chi connectivity index (χ4n) is 4.31. The predicted octanol–water partition coefficient (Wildman–Crippen LogP) is 2.96. The number of aryl methyl sites for hydroxylation is 1. The van der Waals surface area contributed by atoms with Gasteiger partial charge >= 0.3 is 0 Å². The molecule has 0 radical (unpaired) electrons. The van der Waals surface area contributed by atoms with Gasteiger partial charge in [0.15, 0.2) is 5.65 Å². The molecule has 1 amide bonds. The molecule has 0 spiro atoms. The standard InChI is InChI=1S/C20H25N5O2S/c1-20(2,3)12-4-5-13-14(10-12)28-18-15(13)17-22-16(23-25(17)11-21-18)19(26)24-6-8-27-9-7-24/h11-12H,4-10H2,1-3H3/t12-/m1/s1. The van der Waals surface area contributed by atoms with Crippen LogP contribution in [0.15, 0.2) is 6.33 Å². The van der Waals surface area contributed by atoms with E-state index in [1.165, 1.54) is 16.9 Å². The zero-order chi connectivity index (χ0) is 19.5. The number of morpholine rings is 1. The summed E-state index contributed by atoms with van der Waals surface area (Å²) in [6, 6.07) is 0. The quantitative estimate of drug-likeness (QED) is 0.629. The lowest BCUT2D eigenvalue weighted by Gasteiger charge is -2.33. The molecule has 1 aliphatic heterocycles. The number of rotatable bonds is 1. The van der Waals surface area contributed by atoms with Gasteiger partial charge in [0, 0.05) is 18.0 Å². The summed E-state index contributed by atoms with van der Waals surface area (Å²) in [5.41, 5.74) is 2.42. The third-order valence-corrected chi connectivity index (χ3v) is 7.26. The molecule has 148 valence electrons. The highest BCUT2D eigenvalue weighted by Gasteiger charge is 2.32. The molecule has 4 heterocycles. The van der Waals surface area contributed by atoms with E-state index in [1.54, 1.807) is 27.1 Å². The van der Waals surface area contributed by atoms with Crippen LogP contribution in [-0.4, -0.2) is 56.7 Å². The SMILES string of the molecule is CC(C)(C)[C@@H]1CCc2c(sc3ncn4nc(C(=O)N5CCOCC5)nc4c23)C1. The minimum atomic E-state index is -0.128. The van der Waals surface area contributed by atoms with Crippen LogP contribution in [0, 0.1) is 11.3 Å². The summed E-state index contributed by atoms with van der Waals surface area (Å²) >= 11 is 1.78. The number of ether oxygens (including phenoxy) is 1. The van der Waals surface area contributed by atoms with Gasteiger partial charge in [-0.3, -0.25) is 4.79 Å². The molecular weight excluding hydrogens is 374 g/mol. The lowest BCUT2D eigenvalue weighted by atomic mass is 9.72. The molecule has 28 heavy (non-hydrogen) atoms. The highest BCUT2D eigenvalue weighted by molar-refractivity contribution is 7.19. The summed E-state index contributed by atoms with van der Waals surface area (Å²) in [4.78, 5) is 26.3. The van der Waals surface area contributed by atoms with E-state index in [2.05, 4.69) is 35.8 Å². The number of amides is 1. The van der Waals surface area contributed by atoms with Gasteiger partial charge in [0.1, 0.15) is 11.2 Å². The van der Waals surface area contributed by atoms with E-state index < -0.39 is 0 Å². The van der Waals surface area contributed by atoms with Crippen LogP contribution in [0.25, 0.3) is 15.9 Å². The average Bonchev–Trinajstić information content (AvgIpc) is 3.27. The monoisotopic (exact) mass is 399 g/mol. The molecule has 1 fully saturated rings. The van der Waals surface area contributed by atoms with Gasteiger partial charge in [-0.15, -0.1) is 16.4 Å². The molecule has 1 saturated heterocycles. The van der Waals surface area contributed by atoms with Crippen LogP contribution in [0.2, 0.25) is 0 Å². The molecule has 2 aliphatic rings. The number of thiophene rings is 1. The zero-order valence-corrected chi connectivity index (χ0v) is 17.4. The summed E-state index contributed by atoms with van der Waals surface area (Å²) in [6.07, 6.45) is 5.00. The van der Waals surface area contributed by atoms with Gasteiger partial charge in [-0.05, 0) is 36.2 Å². The number of nitrogens with zero attached hydrogens (tertiary/aromatic N) is 5. The summed E-state index contributed by atoms with van der Waals surface area (Å²) in [7, 11) is 0. The molecule has 0 N–H and O–H groups in total. The first-order chi connectivity index (χ1) is 13.4. The van der Waals surface area contributed by atoms with Crippen LogP contribution in [0.1, 0.15) is 48.3 Å². The van der Waals surface area contributed by atoms with Gasteiger partial charge in [-0.1, -0.05) is 20.8 Å². The van der Waals surface area contributed by atoms with Gasteiger partial charge in [-0.25, -0.2) is 14.5 Å². The summed E-state index contributed by atoms with van der Waals surface area (Å²) in [5, 5.41) is 5.52. The van der Waals surface area contributed by atoms with Crippen LogP contribution < -0.4 is 0 Å². The topological polar surface area (TPSA) is 72.6 Å². The number of carbonyl (C=O) groups excluding carboxylic acids is 1. The lowest BCUT2D eigenvalue weighted by molar-refractivity contribution is 0.0295. The van der Waals surface area contributed by atoms with Crippen LogP contribution in [0.4, 0.5) is 0 Å². The smallest absolute Gasteiger partial charge is 0.293 e. The Balaban J connectivity index is 1.56. The maximum Gasteiger partial charge on any atom is 0.293 e. The minimum Gasteiger partial charge on any atom is -0.378 e. The molecule has 7 nitrogen and oxygen atoms in total. The highest BCUT2D eigenvalue weighted by Crippen LogP contribution is 2.43. The number of aromatic nitrogens is 4. The molecule has 1 atom stereocenters. The summed E-state index contributed by atoms with van der Waals surface area (Å²) in [6.45, 7) is 9.29. The molecule has 0 bridgehead atoms. The molecule has 3 aromatic heterocycles. The van der Waals surface area contributed by atoms with E-state index in [-0.39, 0.29) is 11.7 Å². The van der Waals surface area contributed by atoms with Crippen molar-refractivity contribution in [2.75, 3.05) is 26.3 Å². The second-order valence-electron chi connectivity index (χ2n) is 8.84. The predicted molar refractivity (Wildman–Crippen MR) is 108 cm³/mol. The maximum atomic E-state index is 12.8. The molecule has 5 rings (SSSR count). The lowest BCUT2D eigenvalue weighted by Crippen LogP contribution is -2.41. The van der Waals surface area contributed by atoms with Gasteiger partial charge < -0.3 is 9.64 Å². The van der Waals surface area contributed by atoms with E-state index in [0.717, 1.165) is 28.7 Å². The fraction of sp³-hybridized carbons (Fsp3) is 0.600. The van der Waals surface area contributed by atoms with Crippen LogP contribution in [0.3, 0.4) is 0 Å². The third-order valence-electron chi connectivity index (χ3n) is 6.10. The average molecular weight is 400 g/mol. The van der Waals surface area contributed by atoms with E-state index >= 15 is 0 Å². The molecule has 0 saturated carbocycles. The van der Waals surface area contributed by atoms with Gasteiger partial charge in [0.25, 0.3) is 5.91 Å². The third kappa shape index (κ3) is 2.90. The second-order valence-corrected chi connectivity index (χ2v) is 9.93. The Labute approximate surface area is 167 Å². The molecule has 8 heteroatoms. The molecule has 0 unspecified atom stereocenters. The van der Waals surface area contributed by atoms with Crippen LogP contribution >= 0.6 is 11.3 Å². The van der Waals surface area contributed by atoms with Crippen molar-refractivity contribution in [2.24, 2.45) is 11.3 Å². The van der Waals surface area contributed by atoms with E-state index in [0.29, 0.717) is 37.6 Å². The van der Waals surface area contributed by atoms with E-state index in [4.69, 9.17) is 4.74 Å². The molecule has 3 aromatic rings. The van der Waals surface area contributed by atoms with Crippen molar-refractivity contribution in [3.05, 3.63) is 22.6 Å². The minimum absolute atomic E-state index is 0.128. The van der Waals surface area contributed by atoms with Crippen molar-refractivity contribution in [3.63, 3.8) is 0 Å². The Hall–Kier alpha value is -2.06. The fourth-order valence-corrected chi connectivity index (χ4v) is 5.57. The van der Waals surface area contributed by atoms with Crippen molar-refractivity contribution in [1.29, 1.82) is 0 Å². The number of hydrogen-bond acceptors (Lipinski definition) is 6. The Morgan fingerprint density at radius 3 is 2.82 bits per heavy atom. The number of hydrogen-bond donors (Lipinski definition) is 0. The Bertz CT molecular complexity index is 1060. The van der Waals surface area contributed by atoms with Crippen molar-refractivity contribution in [1.82, 2.24) is 24.5 Å². The van der Waals surface area contributed by atoms with Crippen molar-refractivity contribution in [3.8, 4) is 0 Å². The molecule has 0 aromatic carbocycles. The van der Waals surface area contributed by atoms with Crippen molar-refractivity contribution < 1.29 is 9.53 Å². The Morgan fingerprint density at radius 2 is 2.07 bits per heavy atom. The van der Waals surface area contributed by atoms with Crippen molar-refractivity contribution >= 4 is 33.1 Å². The Morgan fingerprint density at radius 1 is 1.29 bits per heavy atom. The van der Waals surface area contributed by atoms with E-state index in [9.17, 15) is 4.79 Å². The zero-order valence-electron chi connectivity index (χ0n) is 16.6. The van der Waals surface area contributed by atoms with Crippen LogP contribution in [0.5, 0.6) is 0 Å². The molecular formula is C20H25N5O2S. The molecule has 1 aliphatic carbocycles. The van der Waals surface area contributed by atoms with Crippen molar-refractivity contribution in [2.45, 2.75) is 40.0 Å². The van der Waals surface area contributed by atoms with E-state index in [1.807, 2.05) is 0 Å². The largest absolute Gasteiger partial charge is 0.378 e. The van der Waals surface area contributed by atoms with Gasteiger partial charge in [0.05, 0.1) is 18.6 Å². The second kappa shape index (κ2) is 6.49. The first-order valence-electron chi connectivity index (χ1n) is 9.94.